The maximum atomic E-state index is 12.9. The Morgan fingerprint density at radius 2 is 0.470 bits per heavy atom. The van der Waals surface area contributed by atoms with Crippen molar-refractivity contribution in [1.29, 1.82) is 0 Å². The molecule has 0 aromatic heterocycles. The molecule has 0 radical (unpaired) electrons. The second-order valence-electron chi connectivity index (χ2n) is 24.1. The predicted octanol–water partition coefficient (Wildman–Crippen LogP) is 25.0. The summed E-state index contributed by atoms with van der Waals surface area (Å²) in [6, 6.07) is 0. The number of carbonyl (C=O) groups excluding carboxylic acids is 3. The highest BCUT2D eigenvalue weighted by molar-refractivity contribution is 5.71. The molecule has 0 bridgehead atoms. The number of esters is 3. The average molecular weight is 1160 g/mol. The highest BCUT2D eigenvalue weighted by atomic mass is 16.6. The molecule has 0 aliphatic heterocycles. The monoisotopic (exact) mass is 1160 g/mol. The van der Waals surface area contributed by atoms with E-state index in [0.717, 1.165) is 103 Å². The summed E-state index contributed by atoms with van der Waals surface area (Å²) >= 11 is 0. The number of hydrogen-bond acceptors (Lipinski definition) is 6. The van der Waals surface area contributed by atoms with Gasteiger partial charge in [0.15, 0.2) is 6.10 Å². The Morgan fingerprint density at radius 1 is 0.253 bits per heavy atom. The predicted molar refractivity (Wildman–Crippen MR) is 362 cm³/mol. The summed E-state index contributed by atoms with van der Waals surface area (Å²) in [5, 5.41) is 0. The summed E-state index contributed by atoms with van der Waals surface area (Å²) in [7, 11) is 0. The molecule has 83 heavy (non-hydrogen) atoms. The molecule has 6 heteroatoms. The van der Waals surface area contributed by atoms with Crippen molar-refractivity contribution in [3.63, 3.8) is 0 Å². The number of rotatable bonds is 66. The van der Waals surface area contributed by atoms with Crippen molar-refractivity contribution in [2.24, 2.45) is 0 Å². The van der Waals surface area contributed by atoms with Crippen LogP contribution in [0.3, 0.4) is 0 Å². The number of unbranched alkanes of at least 4 members (excludes halogenated alkanes) is 41. The van der Waals surface area contributed by atoms with Gasteiger partial charge in [-0.1, -0.05) is 337 Å². The molecular weight excluding hydrogens is 1020 g/mol. The van der Waals surface area contributed by atoms with Gasteiger partial charge in [0.1, 0.15) is 13.2 Å². The first kappa shape index (κ1) is 79.6. The van der Waals surface area contributed by atoms with Crippen molar-refractivity contribution in [1.82, 2.24) is 0 Å². The lowest BCUT2D eigenvalue weighted by Gasteiger charge is -2.18. The Bertz CT molecular complexity index is 1570. The first-order valence-electron chi connectivity index (χ1n) is 36.1. The van der Waals surface area contributed by atoms with Gasteiger partial charge in [-0.05, 0) is 96.3 Å². The quantitative estimate of drug-likeness (QED) is 0.0261. The standard InChI is InChI=1S/C77H136O6/c1-4-7-10-13-15-17-19-21-23-25-27-29-31-33-34-35-36-37-38-39-40-41-42-44-45-47-49-51-53-55-57-59-61-64-67-70-76(79)82-73-74(72-81-75(78)69-66-63-12-9-6-3)83-77(80)71-68-65-62-60-58-56-54-52-50-48-46-43-32-30-28-26-24-22-20-18-16-14-11-8-5-2/h7,10,15,17,20-23,26-29,33-34,74H,4-6,8-9,11-14,16,18-19,24-25,30-32,35-73H2,1-3H3/b10-7-,17-15-,22-20-,23-21-,28-26-,29-27-,34-33-. The van der Waals surface area contributed by atoms with Crippen molar-refractivity contribution < 1.29 is 28.6 Å². The van der Waals surface area contributed by atoms with Gasteiger partial charge in [-0.3, -0.25) is 14.4 Å². The fraction of sp³-hybridized carbons (Fsp3) is 0.779. The van der Waals surface area contributed by atoms with Gasteiger partial charge >= 0.3 is 17.9 Å². The van der Waals surface area contributed by atoms with Crippen LogP contribution < -0.4 is 0 Å². The first-order chi connectivity index (χ1) is 41.0. The minimum absolute atomic E-state index is 0.0715. The summed E-state index contributed by atoms with van der Waals surface area (Å²) in [6.07, 6.45) is 95.4. The largest absolute Gasteiger partial charge is 0.462 e. The molecule has 480 valence electrons. The van der Waals surface area contributed by atoms with Gasteiger partial charge in [-0.15, -0.1) is 0 Å². The third-order valence-electron chi connectivity index (χ3n) is 15.9. The molecule has 0 N–H and O–H groups in total. The van der Waals surface area contributed by atoms with Gasteiger partial charge in [0, 0.05) is 19.3 Å². The Hall–Kier alpha value is -3.41. The SMILES string of the molecule is CC/C=C\C/C=C\C/C=C\C/C=C\C/C=C\CCCCCCCCCCCCCCCCCCCCCC(=O)OCC(COC(=O)CCCCCCC)OC(=O)CCCCCCCCCCCCCCC/C=C\C/C=C\CCCCCCC. The van der Waals surface area contributed by atoms with Gasteiger partial charge in [-0.25, -0.2) is 0 Å². The lowest BCUT2D eigenvalue weighted by Crippen LogP contribution is -2.30. The van der Waals surface area contributed by atoms with Crippen molar-refractivity contribution in [3.05, 3.63) is 85.1 Å². The fourth-order valence-corrected chi connectivity index (χ4v) is 10.5. The normalized spacial score (nSPS) is 12.6. The molecule has 0 spiro atoms. The Balaban J connectivity index is 3.92. The zero-order valence-corrected chi connectivity index (χ0v) is 55.2. The number of hydrogen-bond donors (Lipinski definition) is 0. The van der Waals surface area contributed by atoms with Crippen LogP contribution in [-0.4, -0.2) is 37.2 Å². The molecule has 6 nitrogen and oxygen atoms in total. The van der Waals surface area contributed by atoms with Crippen LogP contribution in [0, 0.1) is 0 Å². The summed E-state index contributed by atoms with van der Waals surface area (Å²) in [5.41, 5.74) is 0. The van der Waals surface area contributed by atoms with E-state index < -0.39 is 6.10 Å². The molecule has 0 fully saturated rings. The zero-order valence-electron chi connectivity index (χ0n) is 55.2. The van der Waals surface area contributed by atoms with E-state index in [1.807, 2.05) is 0 Å². The van der Waals surface area contributed by atoms with Gasteiger partial charge in [0.05, 0.1) is 0 Å². The molecule has 0 heterocycles. The van der Waals surface area contributed by atoms with E-state index in [1.165, 1.54) is 225 Å². The number of carbonyl (C=O) groups is 3. The first-order valence-corrected chi connectivity index (χ1v) is 36.1. The molecule has 0 aromatic carbocycles. The zero-order chi connectivity index (χ0) is 59.9. The molecule has 0 aromatic rings. The molecule has 0 rings (SSSR count). The minimum Gasteiger partial charge on any atom is -0.462 e. The van der Waals surface area contributed by atoms with E-state index in [0.29, 0.717) is 19.3 Å². The van der Waals surface area contributed by atoms with Gasteiger partial charge in [-0.2, -0.15) is 0 Å². The highest BCUT2D eigenvalue weighted by Crippen LogP contribution is 2.18. The third-order valence-corrected chi connectivity index (χ3v) is 15.9. The second-order valence-corrected chi connectivity index (χ2v) is 24.1. The maximum absolute atomic E-state index is 12.9. The summed E-state index contributed by atoms with van der Waals surface area (Å²) in [5.74, 6) is -0.867. The maximum Gasteiger partial charge on any atom is 0.306 e. The minimum atomic E-state index is -0.771. The molecule has 0 saturated heterocycles. The van der Waals surface area contributed by atoms with Crippen molar-refractivity contribution >= 4 is 17.9 Å². The van der Waals surface area contributed by atoms with E-state index >= 15 is 0 Å². The van der Waals surface area contributed by atoms with Crippen LogP contribution in [-0.2, 0) is 28.6 Å². The average Bonchev–Trinajstić information content (AvgIpc) is 3.49. The van der Waals surface area contributed by atoms with Crippen LogP contribution in [0.2, 0.25) is 0 Å². The van der Waals surface area contributed by atoms with E-state index in [2.05, 4.69) is 106 Å². The highest BCUT2D eigenvalue weighted by Gasteiger charge is 2.19. The van der Waals surface area contributed by atoms with Gasteiger partial charge in [0.2, 0.25) is 0 Å². The molecular formula is C77H136O6. The Labute approximate surface area is 515 Å². The van der Waals surface area contributed by atoms with E-state index in [-0.39, 0.29) is 31.1 Å². The summed E-state index contributed by atoms with van der Waals surface area (Å²) in [6.45, 7) is 6.48. The van der Waals surface area contributed by atoms with Crippen LogP contribution in [0.15, 0.2) is 85.1 Å². The van der Waals surface area contributed by atoms with Crippen LogP contribution >= 0.6 is 0 Å². The molecule has 1 unspecified atom stereocenters. The van der Waals surface area contributed by atoms with Crippen molar-refractivity contribution in [2.75, 3.05) is 13.2 Å². The molecule has 1 atom stereocenters. The van der Waals surface area contributed by atoms with E-state index in [1.54, 1.807) is 0 Å². The number of ether oxygens (including phenoxy) is 3. The fourth-order valence-electron chi connectivity index (χ4n) is 10.5. The summed E-state index contributed by atoms with van der Waals surface area (Å²) in [4.78, 5) is 38.0. The van der Waals surface area contributed by atoms with Crippen LogP contribution in [0.4, 0.5) is 0 Å². The topological polar surface area (TPSA) is 78.9 Å². The second kappa shape index (κ2) is 71.1. The Morgan fingerprint density at radius 3 is 0.735 bits per heavy atom. The van der Waals surface area contributed by atoms with E-state index in [4.69, 9.17) is 14.2 Å². The van der Waals surface area contributed by atoms with Crippen LogP contribution in [0.5, 0.6) is 0 Å². The van der Waals surface area contributed by atoms with Gasteiger partial charge < -0.3 is 14.2 Å². The molecule has 0 aliphatic rings. The summed E-state index contributed by atoms with van der Waals surface area (Å²) < 4.78 is 16.8. The third kappa shape index (κ3) is 69.3. The lowest BCUT2D eigenvalue weighted by molar-refractivity contribution is -0.167. The van der Waals surface area contributed by atoms with Crippen molar-refractivity contribution in [2.45, 2.75) is 374 Å². The Kier molecular flexibility index (Phi) is 68.2. The smallest absolute Gasteiger partial charge is 0.306 e. The molecule has 0 aliphatic carbocycles. The van der Waals surface area contributed by atoms with Gasteiger partial charge in [0.25, 0.3) is 0 Å². The van der Waals surface area contributed by atoms with Crippen LogP contribution in [0.25, 0.3) is 0 Å². The van der Waals surface area contributed by atoms with Crippen molar-refractivity contribution in [3.8, 4) is 0 Å². The van der Waals surface area contributed by atoms with Crippen LogP contribution in [0.1, 0.15) is 367 Å². The van der Waals surface area contributed by atoms with E-state index in [9.17, 15) is 14.4 Å². The lowest BCUT2D eigenvalue weighted by atomic mass is 10.0. The molecule has 0 saturated carbocycles. The molecule has 0 amide bonds. The number of allylic oxidation sites excluding steroid dienone is 14.